The number of aliphatic carboxylic acids is 1. The van der Waals surface area contributed by atoms with Crippen molar-refractivity contribution in [2.75, 3.05) is 13.2 Å². The molecule has 0 aliphatic rings. The molecule has 0 spiro atoms. The van der Waals surface area contributed by atoms with Gasteiger partial charge >= 0.3 is 5.97 Å². The average Bonchev–Trinajstić information content (AvgIpc) is 2.40. The maximum absolute atomic E-state index is 11.5. The Kier molecular flexibility index (Phi) is 5.99. The van der Waals surface area contributed by atoms with Crippen molar-refractivity contribution in [2.45, 2.75) is 26.4 Å². The number of carboxylic acid groups (broad SMARTS) is 1. The maximum Gasteiger partial charge on any atom is 0.332 e. The van der Waals surface area contributed by atoms with E-state index in [0.29, 0.717) is 5.75 Å². The summed E-state index contributed by atoms with van der Waals surface area (Å²) < 4.78 is 5.32. The molecule has 0 saturated heterocycles. The molecule has 6 nitrogen and oxygen atoms in total. The van der Waals surface area contributed by atoms with E-state index in [2.05, 4.69) is 5.32 Å². The zero-order chi connectivity index (χ0) is 15.1. The fourth-order valence-corrected chi connectivity index (χ4v) is 1.48. The monoisotopic (exact) mass is 281 g/mol. The van der Waals surface area contributed by atoms with E-state index in [1.165, 1.54) is 0 Å². The minimum absolute atomic E-state index is 0.0370. The lowest BCUT2D eigenvalue weighted by Gasteiger charge is -2.09. The Labute approximate surface area is 117 Å². The molecule has 110 valence electrons. The van der Waals surface area contributed by atoms with Crippen molar-refractivity contribution in [3.8, 4) is 5.75 Å². The molecule has 1 atom stereocenters. The molecule has 1 rings (SSSR count). The molecular weight excluding hydrogens is 262 g/mol. The summed E-state index contributed by atoms with van der Waals surface area (Å²) in [4.78, 5) is 21.8. The molecule has 3 N–H and O–H groups in total. The van der Waals surface area contributed by atoms with E-state index in [9.17, 15) is 9.59 Å². The number of hydrogen-bond donors (Lipinski definition) is 3. The van der Waals surface area contributed by atoms with Gasteiger partial charge in [-0.2, -0.15) is 0 Å². The molecule has 0 unspecified atom stereocenters. The molecule has 0 aliphatic carbocycles. The molecule has 0 radical (unpaired) electrons. The van der Waals surface area contributed by atoms with Crippen molar-refractivity contribution >= 4 is 11.9 Å². The third-order valence-corrected chi connectivity index (χ3v) is 2.87. The molecular formula is C14H19NO5. The highest BCUT2D eigenvalue weighted by Crippen LogP contribution is 2.16. The number of aliphatic hydroxyl groups is 1. The van der Waals surface area contributed by atoms with Gasteiger partial charge in [-0.05, 0) is 37.1 Å². The Morgan fingerprint density at radius 1 is 1.30 bits per heavy atom. The molecule has 1 aromatic carbocycles. The topological polar surface area (TPSA) is 95.9 Å². The summed E-state index contributed by atoms with van der Waals surface area (Å²) in [6, 6.07) is 5.53. The van der Waals surface area contributed by atoms with E-state index in [-0.39, 0.29) is 25.5 Å². The number of benzene rings is 1. The summed E-state index contributed by atoms with van der Waals surface area (Å²) in [7, 11) is 0. The van der Waals surface area contributed by atoms with E-state index in [1.807, 2.05) is 26.0 Å². The van der Waals surface area contributed by atoms with Gasteiger partial charge in [-0.25, -0.2) is 4.79 Å². The first-order chi connectivity index (χ1) is 9.40. The predicted molar refractivity (Wildman–Crippen MR) is 72.7 cm³/mol. The Balaban J connectivity index is 2.29. The van der Waals surface area contributed by atoms with Crippen molar-refractivity contribution in [1.82, 2.24) is 5.32 Å². The summed E-state index contributed by atoms with van der Waals surface area (Å²) in [6.45, 7) is 3.88. The van der Waals surface area contributed by atoms with E-state index in [4.69, 9.17) is 14.9 Å². The van der Waals surface area contributed by atoms with Crippen LogP contribution in [-0.4, -0.2) is 41.3 Å². The third-order valence-electron chi connectivity index (χ3n) is 2.87. The van der Waals surface area contributed by atoms with Gasteiger partial charge in [0.25, 0.3) is 5.91 Å². The number of aryl methyl sites for hydroxylation is 2. The fraction of sp³-hybridized carbons (Fsp3) is 0.429. The molecule has 0 aliphatic heterocycles. The molecule has 1 amide bonds. The fourth-order valence-electron chi connectivity index (χ4n) is 1.48. The van der Waals surface area contributed by atoms with Gasteiger partial charge in [0.15, 0.2) is 12.7 Å². The Hall–Kier alpha value is -2.08. The lowest BCUT2D eigenvalue weighted by atomic mass is 10.1. The van der Waals surface area contributed by atoms with Crippen LogP contribution in [0.25, 0.3) is 0 Å². The highest BCUT2D eigenvalue weighted by Gasteiger charge is 2.12. The van der Waals surface area contributed by atoms with Gasteiger partial charge in [-0.15, -0.1) is 0 Å². The van der Waals surface area contributed by atoms with Gasteiger partial charge in [0, 0.05) is 13.0 Å². The smallest absolute Gasteiger partial charge is 0.332 e. The molecule has 0 fully saturated rings. The lowest BCUT2D eigenvalue weighted by molar-refractivity contribution is -0.147. The van der Waals surface area contributed by atoms with Crippen LogP contribution in [0.3, 0.4) is 0 Å². The highest BCUT2D eigenvalue weighted by molar-refractivity contribution is 5.77. The van der Waals surface area contributed by atoms with Crippen molar-refractivity contribution in [1.29, 1.82) is 0 Å². The van der Waals surface area contributed by atoms with E-state index in [0.717, 1.165) is 11.1 Å². The van der Waals surface area contributed by atoms with E-state index in [1.54, 1.807) is 6.07 Å². The molecule has 0 aromatic heterocycles. The Morgan fingerprint density at radius 2 is 2.00 bits per heavy atom. The summed E-state index contributed by atoms with van der Waals surface area (Å²) >= 11 is 0. The second-order valence-corrected chi connectivity index (χ2v) is 4.53. The molecule has 6 heteroatoms. The quantitative estimate of drug-likeness (QED) is 0.681. The minimum Gasteiger partial charge on any atom is -0.484 e. The summed E-state index contributed by atoms with van der Waals surface area (Å²) in [5.74, 6) is -1.06. The van der Waals surface area contributed by atoms with Crippen molar-refractivity contribution in [3.05, 3.63) is 29.3 Å². The summed E-state index contributed by atoms with van der Waals surface area (Å²) in [5, 5.41) is 20.0. The number of nitrogens with one attached hydrogen (secondary N) is 1. The van der Waals surface area contributed by atoms with Crippen molar-refractivity contribution in [2.24, 2.45) is 0 Å². The molecule has 20 heavy (non-hydrogen) atoms. The van der Waals surface area contributed by atoms with Gasteiger partial charge in [-0.1, -0.05) is 6.07 Å². The number of amides is 1. The third kappa shape index (κ3) is 5.27. The predicted octanol–water partition coefficient (Wildman–Crippen LogP) is 0.634. The first kappa shape index (κ1) is 16.0. The summed E-state index contributed by atoms with van der Waals surface area (Å²) in [5.41, 5.74) is 2.22. The van der Waals surface area contributed by atoms with Gasteiger partial charge in [-0.3, -0.25) is 4.79 Å². The van der Waals surface area contributed by atoms with Crippen LogP contribution in [0.4, 0.5) is 0 Å². The zero-order valence-corrected chi connectivity index (χ0v) is 11.5. The van der Waals surface area contributed by atoms with Crippen molar-refractivity contribution in [3.63, 3.8) is 0 Å². The van der Waals surface area contributed by atoms with Crippen LogP contribution in [-0.2, 0) is 9.59 Å². The van der Waals surface area contributed by atoms with Crippen LogP contribution in [0.2, 0.25) is 0 Å². The number of hydrogen-bond acceptors (Lipinski definition) is 4. The van der Waals surface area contributed by atoms with Crippen LogP contribution < -0.4 is 10.1 Å². The lowest BCUT2D eigenvalue weighted by Crippen LogP contribution is -2.33. The van der Waals surface area contributed by atoms with Gasteiger partial charge in [0.05, 0.1) is 0 Å². The average molecular weight is 281 g/mol. The number of carbonyl (C=O) groups is 2. The van der Waals surface area contributed by atoms with Crippen LogP contribution in [0.1, 0.15) is 17.5 Å². The zero-order valence-electron chi connectivity index (χ0n) is 11.5. The van der Waals surface area contributed by atoms with Crippen LogP contribution in [0.5, 0.6) is 5.75 Å². The Bertz CT molecular complexity index is 486. The number of carboxylic acids is 1. The normalized spacial score (nSPS) is 11.8. The summed E-state index contributed by atoms with van der Waals surface area (Å²) in [6.07, 6.45) is -1.50. The van der Waals surface area contributed by atoms with E-state index < -0.39 is 12.1 Å². The Morgan fingerprint density at radius 3 is 2.60 bits per heavy atom. The number of rotatable bonds is 7. The molecule has 0 saturated carbocycles. The number of aliphatic hydroxyl groups excluding tert-OH is 1. The van der Waals surface area contributed by atoms with Crippen LogP contribution in [0.15, 0.2) is 18.2 Å². The van der Waals surface area contributed by atoms with Gasteiger partial charge in [0.2, 0.25) is 0 Å². The van der Waals surface area contributed by atoms with Gasteiger partial charge < -0.3 is 20.3 Å². The van der Waals surface area contributed by atoms with Crippen molar-refractivity contribution < 1.29 is 24.5 Å². The standard InChI is InChI=1S/C14H19NO5/c1-9-3-4-11(7-10(9)2)20-8-13(17)15-6-5-12(16)14(18)19/h3-4,7,12,16H,5-6,8H2,1-2H3,(H,15,17)(H,18,19)/t12-/m0/s1. The largest absolute Gasteiger partial charge is 0.484 e. The molecule has 0 heterocycles. The maximum atomic E-state index is 11.5. The van der Waals surface area contributed by atoms with Crippen LogP contribution in [0, 0.1) is 13.8 Å². The SMILES string of the molecule is Cc1ccc(OCC(=O)NCC[C@H](O)C(=O)O)cc1C. The second kappa shape index (κ2) is 7.49. The first-order valence-electron chi connectivity index (χ1n) is 6.27. The van der Waals surface area contributed by atoms with Crippen LogP contribution >= 0.6 is 0 Å². The molecule has 1 aromatic rings. The number of ether oxygens (including phenoxy) is 1. The van der Waals surface area contributed by atoms with E-state index >= 15 is 0 Å². The molecule has 0 bridgehead atoms. The first-order valence-corrected chi connectivity index (χ1v) is 6.27. The highest BCUT2D eigenvalue weighted by atomic mass is 16.5. The second-order valence-electron chi connectivity index (χ2n) is 4.53. The minimum atomic E-state index is -1.46. The van der Waals surface area contributed by atoms with Gasteiger partial charge in [0.1, 0.15) is 5.75 Å². The number of carbonyl (C=O) groups excluding carboxylic acids is 1.